The second-order valence-electron chi connectivity index (χ2n) is 3.11. The Morgan fingerprint density at radius 3 is 2.71 bits per heavy atom. The smallest absolute Gasteiger partial charge is 0.123 e. The molecule has 1 nitrogen and oxygen atoms in total. The summed E-state index contributed by atoms with van der Waals surface area (Å²) >= 11 is 9.20. The van der Waals surface area contributed by atoms with Crippen LogP contribution in [0, 0.1) is 0 Å². The van der Waals surface area contributed by atoms with Gasteiger partial charge in [0.1, 0.15) is 5.75 Å². The Balaban J connectivity index is 2.76. The molecule has 0 aliphatic carbocycles. The van der Waals surface area contributed by atoms with E-state index in [1.807, 2.05) is 18.2 Å². The van der Waals surface area contributed by atoms with Crippen LogP contribution in [0.4, 0.5) is 0 Å². The predicted molar refractivity (Wildman–Crippen MR) is 63.3 cm³/mol. The van der Waals surface area contributed by atoms with Gasteiger partial charge in [-0.25, -0.2) is 0 Å². The number of phenolic OH excluding ortho intramolecular Hbond substituents is 1. The standard InChI is InChI=1S/C11H8BrClO/c12-6-7-3-8-1-2-9(13)5-10(8)11(14)4-7/h1-5,14H,6H2. The number of benzene rings is 2. The Kier molecular flexibility index (Phi) is 2.66. The minimum atomic E-state index is 0.277. The van der Waals surface area contributed by atoms with Gasteiger partial charge in [0.05, 0.1) is 0 Å². The van der Waals surface area contributed by atoms with Crippen molar-refractivity contribution in [2.45, 2.75) is 5.33 Å². The van der Waals surface area contributed by atoms with Crippen molar-refractivity contribution in [3.63, 3.8) is 0 Å². The third kappa shape index (κ3) is 1.72. The van der Waals surface area contributed by atoms with Gasteiger partial charge < -0.3 is 5.11 Å². The van der Waals surface area contributed by atoms with Crippen molar-refractivity contribution in [2.24, 2.45) is 0 Å². The van der Waals surface area contributed by atoms with Gasteiger partial charge in [0.25, 0.3) is 0 Å². The van der Waals surface area contributed by atoms with Crippen molar-refractivity contribution < 1.29 is 5.11 Å². The Morgan fingerprint density at radius 2 is 2.00 bits per heavy atom. The number of phenols is 1. The molecule has 0 aromatic heterocycles. The first-order chi connectivity index (χ1) is 6.70. The summed E-state index contributed by atoms with van der Waals surface area (Å²) in [4.78, 5) is 0. The summed E-state index contributed by atoms with van der Waals surface area (Å²) in [5.41, 5.74) is 1.05. The molecule has 0 bridgehead atoms. The zero-order valence-electron chi connectivity index (χ0n) is 7.30. The van der Waals surface area contributed by atoms with Crippen molar-refractivity contribution in [1.29, 1.82) is 0 Å². The fraction of sp³-hybridized carbons (Fsp3) is 0.0909. The fourth-order valence-corrected chi connectivity index (χ4v) is 1.94. The fourth-order valence-electron chi connectivity index (χ4n) is 1.45. The summed E-state index contributed by atoms with van der Waals surface area (Å²) in [5, 5.41) is 12.9. The van der Waals surface area contributed by atoms with E-state index < -0.39 is 0 Å². The van der Waals surface area contributed by atoms with Gasteiger partial charge in [-0.2, -0.15) is 0 Å². The second kappa shape index (κ2) is 3.79. The van der Waals surface area contributed by atoms with Crippen LogP contribution < -0.4 is 0 Å². The lowest BCUT2D eigenvalue weighted by Gasteiger charge is -2.04. The third-order valence-corrected chi connectivity index (χ3v) is 2.99. The maximum Gasteiger partial charge on any atom is 0.123 e. The topological polar surface area (TPSA) is 20.2 Å². The van der Waals surface area contributed by atoms with Crippen LogP contribution in [-0.2, 0) is 5.33 Å². The van der Waals surface area contributed by atoms with E-state index in [1.54, 1.807) is 12.1 Å². The normalized spacial score (nSPS) is 10.7. The minimum Gasteiger partial charge on any atom is -0.507 e. The number of hydrogen-bond acceptors (Lipinski definition) is 1. The number of alkyl halides is 1. The monoisotopic (exact) mass is 270 g/mol. The summed E-state index contributed by atoms with van der Waals surface area (Å²) in [6.45, 7) is 0. The van der Waals surface area contributed by atoms with Gasteiger partial charge in [0, 0.05) is 15.7 Å². The highest BCUT2D eigenvalue weighted by atomic mass is 79.9. The first kappa shape index (κ1) is 9.81. The van der Waals surface area contributed by atoms with E-state index in [0.29, 0.717) is 5.02 Å². The molecule has 72 valence electrons. The molecule has 0 heterocycles. The summed E-state index contributed by atoms with van der Waals surface area (Å²) < 4.78 is 0. The molecule has 1 N–H and O–H groups in total. The van der Waals surface area contributed by atoms with Crippen LogP contribution in [0.15, 0.2) is 30.3 Å². The van der Waals surface area contributed by atoms with Crippen molar-refractivity contribution in [2.75, 3.05) is 0 Å². The van der Waals surface area contributed by atoms with Gasteiger partial charge in [0.2, 0.25) is 0 Å². The van der Waals surface area contributed by atoms with Gasteiger partial charge in [0.15, 0.2) is 0 Å². The Bertz CT molecular complexity index is 482. The average Bonchev–Trinajstić information content (AvgIpc) is 2.19. The van der Waals surface area contributed by atoms with Gasteiger partial charge in [-0.3, -0.25) is 0 Å². The Hall–Kier alpha value is -0.730. The van der Waals surface area contributed by atoms with E-state index in [1.165, 1.54) is 0 Å². The molecule has 0 spiro atoms. The van der Waals surface area contributed by atoms with E-state index in [0.717, 1.165) is 21.7 Å². The molecule has 0 radical (unpaired) electrons. The quantitative estimate of drug-likeness (QED) is 0.775. The minimum absolute atomic E-state index is 0.277. The van der Waals surface area contributed by atoms with Crippen LogP contribution in [-0.4, -0.2) is 5.11 Å². The molecule has 0 unspecified atom stereocenters. The van der Waals surface area contributed by atoms with Crippen LogP contribution in [0.1, 0.15) is 5.56 Å². The molecule has 0 amide bonds. The van der Waals surface area contributed by atoms with Crippen LogP contribution in [0.3, 0.4) is 0 Å². The third-order valence-electron chi connectivity index (χ3n) is 2.11. The zero-order valence-corrected chi connectivity index (χ0v) is 9.64. The molecular weight excluding hydrogens is 263 g/mol. The lowest BCUT2D eigenvalue weighted by Crippen LogP contribution is -1.80. The van der Waals surface area contributed by atoms with E-state index in [2.05, 4.69) is 15.9 Å². The molecular formula is C11H8BrClO. The van der Waals surface area contributed by atoms with Crippen molar-refractivity contribution in [3.05, 3.63) is 40.9 Å². The number of fused-ring (bicyclic) bond motifs is 1. The zero-order chi connectivity index (χ0) is 10.1. The lowest BCUT2D eigenvalue weighted by molar-refractivity contribution is 0.481. The van der Waals surface area contributed by atoms with Crippen LogP contribution >= 0.6 is 27.5 Å². The number of hydrogen-bond donors (Lipinski definition) is 1. The largest absolute Gasteiger partial charge is 0.507 e. The van der Waals surface area contributed by atoms with E-state index in [-0.39, 0.29) is 5.75 Å². The van der Waals surface area contributed by atoms with Crippen molar-refractivity contribution >= 4 is 38.3 Å². The maximum absolute atomic E-state index is 9.73. The average molecular weight is 272 g/mol. The Morgan fingerprint density at radius 1 is 1.21 bits per heavy atom. The summed E-state index contributed by atoms with van der Waals surface area (Å²) in [7, 11) is 0. The molecule has 0 saturated carbocycles. The molecule has 2 aromatic carbocycles. The van der Waals surface area contributed by atoms with E-state index in [4.69, 9.17) is 11.6 Å². The summed E-state index contributed by atoms with van der Waals surface area (Å²) in [6, 6.07) is 9.27. The molecule has 14 heavy (non-hydrogen) atoms. The molecule has 2 rings (SSSR count). The second-order valence-corrected chi connectivity index (χ2v) is 4.11. The van der Waals surface area contributed by atoms with Gasteiger partial charge in [-0.15, -0.1) is 0 Å². The first-order valence-corrected chi connectivity index (χ1v) is 5.68. The SMILES string of the molecule is Oc1cc(CBr)cc2ccc(Cl)cc12. The molecule has 3 heteroatoms. The number of rotatable bonds is 1. The predicted octanol–water partition coefficient (Wildman–Crippen LogP) is 4.09. The molecule has 0 atom stereocenters. The van der Waals surface area contributed by atoms with Crippen molar-refractivity contribution in [1.82, 2.24) is 0 Å². The molecule has 0 fully saturated rings. The van der Waals surface area contributed by atoms with E-state index >= 15 is 0 Å². The molecule has 0 saturated heterocycles. The number of aromatic hydroxyl groups is 1. The van der Waals surface area contributed by atoms with Gasteiger partial charge in [-0.1, -0.05) is 39.7 Å². The molecule has 2 aromatic rings. The molecule has 0 aliphatic heterocycles. The summed E-state index contributed by atoms with van der Waals surface area (Å²) in [5.74, 6) is 0.277. The van der Waals surface area contributed by atoms with Crippen LogP contribution in [0.5, 0.6) is 5.75 Å². The highest BCUT2D eigenvalue weighted by molar-refractivity contribution is 9.08. The number of halogens is 2. The Labute approximate surface area is 95.4 Å². The maximum atomic E-state index is 9.73. The highest BCUT2D eigenvalue weighted by Gasteiger charge is 2.02. The molecule has 0 aliphatic rings. The van der Waals surface area contributed by atoms with Crippen molar-refractivity contribution in [3.8, 4) is 5.75 Å². The van der Waals surface area contributed by atoms with E-state index in [9.17, 15) is 5.11 Å². The van der Waals surface area contributed by atoms with Crippen LogP contribution in [0.2, 0.25) is 5.02 Å². The lowest BCUT2D eigenvalue weighted by atomic mass is 10.1. The first-order valence-electron chi connectivity index (χ1n) is 4.18. The summed E-state index contributed by atoms with van der Waals surface area (Å²) in [6.07, 6.45) is 0. The van der Waals surface area contributed by atoms with Gasteiger partial charge >= 0.3 is 0 Å². The van der Waals surface area contributed by atoms with Crippen LogP contribution in [0.25, 0.3) is 10.8 Å². The highest BCUT2D eigenvalue weighted by Crippen LogP contribution is 2.29. The van der Waals surface area contributed by atoms with Gasteiger partial charge in [-0.05, 0) is 29.1 Å².